The van der Waals surface area contributed by atoms with Crippen LogP contribution in [-0.2, 0) is 0 Å². The highest BCUT2D eigenvalue weighted by atomic mass is 35.5. The Balaban J connectivity index is 2.94. The summed E-state index contributed by atoms with van der Waals surface area (Å²) in [5.41, 5.74) is 0.919. The second-order valence-electron chi connectivity index (χ2n) is 1.67. The molecule has 0 saturated heterocycles. The molecule has 1 heterocycles. The molecule has 0 unspecified atom stereocenters. The summed E-state index contributed by atoms with van der Waals surface area (Å²) in [7, 11) is 0. The first-order chi connectivity index (χ1) is 4.33. The van der Waals surface area contributed by atoms with Crippen LogP contribution in [0.15, 0.2) is 18.2 Å². The van der Waals surface area contributed by atoms with E-state index in [4.69, 9.17) is 11.6 Å². The van der Waals surface area contributed by atoms with Gasteiger partial charge in [-0.25, -0.2) is 4.98 Å². The number of aromatic nitrogens is 1. The third kappa shape index (κ3) is 1.68. The highest BCUT2D eigenvalue weighted by molar-refractivity contribution is 6.29. The minimum Gasteiger partial charge on any atom is -0.241 e. The van der Waals surface area contributed by atoms with E-state index in [0.717, 1.165) is 5.69 Å². The summed E-state index contributed by atoms with van der Waals surface area (Å²) in [5.74, 6) is 0. The molecule has 0 aliphatic carbocycles. The van der Waals surface area contributed by atoms with Crippen molar-refractivity contribution in [3.05, 3.63) is 35.5 Å². The van der Waals surface area contributed by atoms with Crippen LogP contribution in [-0.4, -0.2) is 4.98 Å². The van der Waals surface area contributed by atoms with Crippen molar-refractivity contribution in [3.8, 4) is 0 Å². The van der Waals surface area contributed by atoms with Gasteiger partial charge in [0.25, 0.3) is 0 Å². The van der Waals surface area contributed by atoms with Gasteiger partial charge in [0.05, 0.1) is 0 Å². The molecule has 1 rings (SSSR count). The van der Waals surface area contributed by atoms with Gasteiger partial charge in [-0.2, -0.15) is 0 Å². The molecule has 0 bridgehead atoms. The van der Waals surface area contributed by atoms with E-state index >= 15 is 0 Å². The number of hydrogen-bond donors (Lipinski definition) is 0. The van der Waals surface area contributed by atoms with Crippen molar-refractivity contribution >= 4 is 11.6 Å². The summed E-state index contributed by atoms with van der Waals surface area (Å²) in [6.45, 7) is 1.93. The maximum atomic E-state index is 5.59. The lowest BCUT2D eigenvalue weighted by Gasteiger charge is -1.92. The van der Waals surface area contributed by atoms with Gasteiger partial charge in [-0.05, 0) is 12.1 Å². The Kier molecular flexibility index (Phi) is 2.06. The van der Waals surface area contributed by atoms with E-state index in [1.54, 1.807) is 6.07 Å². The van der Waals surface area contributed by atoms with Crippen LogP contribution in [0.5, 0.6) is 0 Å². The number of pyridine rings is 1. The Morgan fingerprint density at radius 1 is 1.56 bits per heavy atom. The van der Waals surface area contributed by atoms with Crippen molar-refractivity contribution in [1.29, 1.82) is 0 Å². The zero-order valence-corrected chi connectivity index (χ0v) is 5.89. The largest absolute Gasteiger partial charge is 0.241 e. The van der Waals surface area contributed by atoms with Crippen LogP contribution in [0.25, 0.3) is 0 Å². The topological polar surface area (TPSA) is 12.9 Å². The number of rotatable bonds is 1. The van der Waals surface area contributed by atoms with E-state index in [9.17, 15) is 0 Å². The van der Waals surface area contributed by atoms with E-state index in [1.807, 2.05) is 25.5 Å². The first-order valence-corrected chi connectivity index (χ1v) is 3.12. The average molecular weight is 141 g/mol. The molecule has 9 heavy (non-hydrogen) atoms. The van der Waals surface area contributed by atoms with Gasteiger partial charge >= 0.3 is 0 Å². The molecule has 0 spiro atoms. The third-order valence-corrected chi connectivity index (χ3v) is 1.24. The van der Waals surface area contributed by atoms with Crippen molar-refractivity contribution in [3.63, 3.8) is 0 Å². The van der Waals surface area contributed by atoms with Crippen LogP contribution < -0.4 is 0 Å². The van der Waals surface area contributed by atoms with E-state index in [2.05, 4.69) is 4.98 Å². The van der Waals surface area contributed by atoms with Crippen LogP contribution in [0.4, 0.5) is 0 Å². The predicted molar refractivity (Wildman–Crippen MR) is 38.3 cm³/mol. The summed E-state index contributed by atoms with van der Waals surface area (Å²) < 4.78 is 0. The molecule has 0 saturated carbocycles. The molecule has 0 atom stereocenters. The lowest BCUT2D eigenvalue weighted by molar-refractivity contribution is 1.20. The van der Waals surface area contributed by atoms with E-state index in [1.165, 1.54) is 0 Å². The van der Waals surface area contributed by atoms with Gasteiger partial charge in [-0.1, -0.05) is 24.6 Å². The summed E-state index contributed by atoms with van der Waals surface area (Å²) in [6, 6.07) is 5.55. The van der Waals surface area contributed by atoms with Crippen molar-refractivity contribution < 1.29 is 0 Å². The number of nitrogens with zero attached hydrogens (tertiary/aromatic N) is 1. The second-order valence-corrected chi connectivity index (χ2v) is 2.06. The van der Waals surface area contributed by atoms with E-state index in [-0.39, 0.29) is 0 Å². The molecule has 1 nitrogen and oxygen atoms in total. The van der Waals surface area contributed by atoms with Crippen LogP contribution in [0.1, 0.15) is 12.6 Å². The fourth-order valence-corrected chi connectivity index (χ4v) is 0.755. The summed E-state index contributed by atoms with van der Waals surface area (Å²) in [5, 5.41) is 0.547. The molecular formula is C7H7ClN. The lowest BCUT2D eigenvalue weighted by atomic mass is 10.3. The minimum absolute atomic E-state index is 0.547. The molecule has 0 fully saturated rings. The van der Waals surface area contributed by atoms with Crippen LogP contribution in [0, 0.1) is 6.42 Å². The molecule has 0 aromatic carbocycles. The lowest BCUT2D eigenvalue weighted by Crippen LogP contribution is -1.82. The van der Waals surface area contributed by atoms with Crippen molar-refractivity contribution in [1.82, 2.24) is 4.98 Å². The first kappa shape index (κ1) is 6.56. The van der Waals surface area contributed by atoms with Gasteiger partial charge in [0.1, 0.15) is 5.15 Å². The molecule has 0 amide bonds. The zero-order chi connectivity index (χ0) is 6.69. The van der Waals surface area contributed by atoms with Gasteiger partial charge < -0.3 is 0 Å². The fourth-order valence-electron chi connectivity index (χ4n) is 0.585. The normalized spacial score (nSPS) is 9.56. The predicted octanol–water partition coefficient (Wildman–Crippen LogP) is 2.31. The van der Waals surface area contributed by atoms with Gasteiger partial charge in [-0.15, -0.1) is 0 Å². The molecule has 1 aromatic rings. The quantitative estimate of drug-likeness (QED) is 0.546. The number of halogens is 1. The van der Waals surface area contributed by atoms with Crippen molar-refractivity contribution in [2.45, 2.75) is 6.92 Å². The van der Waals surface area contributed by atoms with Gasteiger partial charge in [0.15, 0.2) is 0 Å². The number of hydrogen-bond acceptors (Lipinski definition) is 1. The zero-order valence-electron chi connectivity index (χ0n) is 5.13. The fraction of sp³-hybridized carbons (Fsp3) is 0.143. The highest BCUT2D eigenvalue weighted by Crippen LogP contribution is 2.05. The maximum absolute atomic E-state index is 5.59. The monoisotopic (exact) mass is 140 g/mol. The summed E-state index contributed by atoms with van der Waals surface area (Å²) in [4.78, 5) is 4.00. The minimum atomic E-state index is 0.547. The van der Waals surface area contributed by atoms with Crippen LogP contribution >= 0.6 is 11.6 Å². The standard InChI is InChI=1S/C7H7ClN/c1-2-6-4-3-5-7(8)9-6/h2-5H,1H3. The Bertz CT molecular complexity index is 198. The Hall–Kier alpha value is -0.560. The third-order valence-electron chi connectivity index (χ3n) is 1.03. The maximum Gasteiger partial charge on any atom is 0.129 e. The second kappa shape index (κ2) is 2.83. The van der Waals surface area contributed by atoms with E-state index in [0.29, 0.717) is 5.15 Å². The molecule has 2 heteroatoms. The first-order valence-electron chi connectivity index (χ1n) is 2.75. The average Bonchev–Trinajstić information content (AvgIpc) is 1.88. The van der Waals surface area contributed by atoms with Gasteiger partial charge in [0, 0.05) is 12.1 Å². The summed E-state index contributed by atoms with van der Waals surface area (Å²) >= 11 is 5.59. The Morgan fingerprint density at radius 3 is 2.78 bits per heavy atom. The van der Waals surface area contributed by atoms with Crippen molar-refractivity contribution in [2.24, 2.45) is 0 Å². The Labute approximate surface area is 59.7 Å². The van der Waals surface area contributed by atoms with Crippen LogP contribution in [0.3, 0.4) is 0 Å². The molecular weight excluding hydrogens is 134 g/mol. The van der Waals surface area contributed by atoms with E-state index < -0.39 is 0 Å². The molecule has 0 aliphatic rings. The van der Waals surface area contributed by atoms with Gasteiger partial charge in [0.2, 0.25) is 0 Å². The molecule has 1 aromatic heterocycles. The molecule has 0 N–H and O–H groups in total. The molecule has 0 aliphatic heterocycles. The SMILES string of the molecule is C[CH]c1cccc(Cl)n1. The molecule has 47 valence electrons. The Morgan fingerprint density at radius 2 is 2.33 bits per heavy atom. The highest BCUT2D eigenvalue weighted by Gasteiger charge is 1.89. The molecule has 1 radical (unpaired) electrons. The van der Waals surface area contributed by atoms with Crippen molar-refractivity contribution in [2.75, 3.05) is 0 Å². The van der Waals surface area contributed by atoms with Crippen LogP contribution in [0.2, 0.25) is 5.15 Å². The smallest absolute Gasteiger partial charge is 0.129 e. The van der Waals surface area contributed by atoms with Gasteiger partial charge in [-0.3, -0.25) is 0 Å². The summed E-state index contributed by atoms with van der Waals surface area (Å²) in [6.07, 6.45) is 1.91.